The molecule has 12 heavy (non-hydrogen) atoms. The van der Waals surface area contributed by atoms with Gasteiger partial charge in [-0.05, 0) is 25.5 Å². The topological polar surface area (TPSA) is 39.2 Å². The summed E-state index contributed by atoms with van der Waals surface area (Å²) >= 11 is 0. The molecule has 66 valence electrons. The zero-order chi connectivity index (χ0) is 9.03. The molecule has 0 aliphatic heterocycles. The fraction of sp³-hybridized carbons (Fsp3) is 0.375. The second-order valence-electron chi connectivity index (χ2n) is 3.04. The van der Waals surface area contributed by atoms with Crippen LogP contribution < -0.4 is 4.74 Å². The molecule has 3 nitrogen and oxygen atoms in total. The van der Waals surface area contributed by atoms with Gasteiger partial charge in [0.2, 0.25) is 0 Å². The van der Waals surface area contributed by atoms with Crippen molar-refractivity contribution in [2.75, 3.05) is 19.7 Å². The maximum atomic E-state index is 11.2. The summed E-state index contributed by atoms with van der Waals surface area (Å²) in [7, 11) is -2.08. The molecular weight excluding hydrogens is 173 g/mol. The molecule has 0 aromatic carbocycles. The Morgan fingerprint density at radius 1 is 1.58 bits per heavy atom. The highest BCUT2D eigenvalue weighted by molar-refractivity contribution is 7.62. The number of ether oxygens (including phenoxy) is 1. The van der Waals surface area contributed by atoms with Crippen molar-refractivity contribution in [1.82, 2.24) is 4.98 Å². The van der Waals surface area contributed by atoms with E-state index in [9.17, 15) is 4.57 Å². The number of hydrogen-bond acceptors (Lipinski definition) is 3. The molecule has 1 aromatic heterocycles. The van der Waals surface area contributed by atoms with Crippen molar-refractivity contribution >= 4 is 7.14 Å². The Morgan fingerprint density at radius 3 is 2.83 bits per heavy atom. The van der Waals surface area contributed by atoms with Crippen LogP contribution in [0.5, 0.6) is 5.75 Å². The predicted molar refractivity (Wildman–Crippen MR) is 49.2 cm³/mol. The van der Waals surface area contributed by atoms with Crippen LogP contribution in [0.2, 0.25) is 0 Å². The number of aromatic nitrogens is 1. The van der Waals surface area contributed by atoms with Gasteiger partial charge in [-0.3, -0.25) is 4.98 Å². The van der Waals surface area contributed by atoms with Crippen LogP contribution in [0.1, 0.15) is 0 Å². The van der Waals surface area contributed by atoms with Crippen molar-refractivity contribution in [3.63, 3.8) is 0 Å². The van der Waals surface area contributed by atoms with Crippen LogP contribution in [-0.4, -0.2) is 24.7 Å². The molecule has 0 spiro atoms. The molecule has 0 aliphatic rings. The lowest BCUT2D eigenvalue weighted by Gasteiger charge is -2.08. The van der Waals surface area contributed by atoms with Crippen LogP contribution in [0.15, 0.2) is 24.5 Å². The molecule has 0 aliphatic carbocycles. The standard InChI is InChI=1S/C8H12NO2P/c1-12(2,10)7-11-8-4-3-5-9-6-8/h3-6H,7H2,1-2H3. The van der Waals surface area contributed by atoms with Gasteiger partial charge in [-0.25, -0.2) is 0 Å². The molecule has 1 heterocycles. The Bertz CT molecular complexity index is 280. The van der Waals surface area contributed by atoms with Gasteiger partial charge in [0.1, 0.15) is 19.2 Å². The summed E-state index contributed by atoms with van der Waals surface area (Å²) in [5.74, 6) is 0.668. The number of hydrogen-bond donors (Lipinski definition) is 0. The van der Waals surface area contributed by atoms with E-state index in [2.05, 4.69) is 4.98 Å². The van der Waals surface area contributed by atoms with Crippen LogP contribution in [0, 0.1) is 0 Å². The fourth-order valence-electron chi connectivity index (χ4n) is 0.662. The van der Waals surface area contributed by atoms with Gasteiger partial charge in [-0.15, -0.1) is 0 Å². The van der Waals surface area contributed by atoms with Crippen LogP contribution in [0.3, 0.4) is 0 Å². The molecule has 0 amide bonds. The van der Waals surface area contributed by atoms with Crippen molar-refractivity contribution in [2.24, 2.45) is 0 Å². The number of pyridine rings is 1. The molecule has 0 fully saturated rings. The summed E-state index contributed by atoms with van der Waals surface area (Å²) in [6.45, 7) is 3.40. The first-order valence-corrected chi connectivity index (χ1v) is 6.43. The van der Waals surface area contributed by atoms with Gasteiger partial charge < -0.3 is 9.30 Å². The van der Waals surface area contributed by atoms with E-state index in [1.807, 2.05) is 0 Å². The summed E-state index contributed by atoms with van der Waals surface area (Å²) < 4.78 is 16.5. The van der Waals surface area contributed by atoms with Crippen LogP contribution in [-0.2, 0) is 4.57 Å². The minimum Gasteiger partial charge on any atom is -0.484 e. The second-order valence-corrected chi connectivity index (χ2v) is 6.44. The van der Waals surface area contributed by atoms with E-state index < -0.39 is 7.14 Å². The third-order valence-corrected chi connectivity index (χ3v) is 1.93. The number of nitrogens with zero attached hydrogens (tertiary/aromatic N) is 1. The Morgan fingerprint density at radius 2 is 2.33 bits per heavy atom. The van der Waals surface area contributed by atoms with Crippen LogP contribution >= 0.6 is 7.14 Å². The van der Waals surface area contributed by atoms with Gasteiger partial charge in [0.25, 0.3) is 0 Å². The Labute approximate surface area is 72.1 Å². The Hall–Kier alpha value is -0.820. The summed E-state index contributed by atoms with van der Waals surface area (Å²) in [6.07, 6.45) is 3.55. The van der Waals surface area contributed by atoms with E-state index in [4.69, 9.17) is 4.74 Å². The maximum absolute atomic E-state index is 11.2. The van der Waals surface area contributed by atoms with Crippen LogP contribution in [0.25, 0.3) is 0 Å². The van der Waals surface area contributed by atoms with Crippen molar-refractivity contribution in [3.8, 4) is 5.75 Å². The van der Waals surface area contributed by atoms with Gasteiger partial charge in [-0.1, -0.05) is 0 Å². The molecule has 0 saturated carbocycles. The van der Waals surface area contributed by atoms with E-state index in [-0.39, 0.29) is 6.35 Å². The molecule has 4 heteroatoms. The number of rotatable bonds is 3. The lowest BCUT2D eigenvalue weighted by Crippen LogP contribution is -1.96. The summed E-state index contributed by atoms with van der Waals surface area (Å²) in [5.41, 5.74) is 0. The van der Waals surface area contributed by atoms with Crippen molar-refractivity contribution < 1.29 is 9.30 Å². The summed E-state index contributed by atoms with van der Waals surface area (Å²) in [5, 5.41) is 0. The monoisotopic (exact) mass is 185 g/mol. The lowest BCUT2D eigenvalue weighted by molar-refractivity contribution is 0.376. The average molecular weight is 185 g/mol. The molecule has 0 radical (unpaired) electrons. The van der Waals surface area contributed by atoms with Gasteiger partial charge in [0, 0.05) is 6.20 Å². The molecular formula is C8H12NO2P. The summed E-state index contributed by atoms with van der Waals surface area (Å²) in [6, 6.07) is 3.58. The summed E-state index contributed by atoms with van der Waals surface area (Å²) in [4.78, 5) is 3.87. The molecule has 0 unspecified atom stereocenters. The normalized spacial score (nSPS) is 11.2. The highest BCUT2D eigenvalue weighted by atomic mass is 31.2. The molecule has 0 bridgehead atoms. The van der Waals surface area contributed by atoms with Gasteiger partial charge in [0.05, 0.1) is 6.20 Å². The third kappa shape index (κ3) is 3.54. The predicted octanol–water partition coefficient (Wildman–Crippen LogP) is 2.04. The Kier molecular flexibility index (Phi) is 2.88. The third-order valence-electron chi connectivity index (χ3n) is 1.18. The molecule has 0 atom stereocenters. The van der Waals surface area contributed by atoms with Crippen LogP contribution in [0.4, 0.5) is 0 Å². The van der Waals surface area contributed by atoms with E-state index in [0.29, 0.717) is 5.75 Å². The smallest absolute Gasteiger partial charge is 0.140 e. The molecule has 0 saturated heterocycles. The average Bonchev–Trinajstić information content (AvgIpc) is 2.02. The SMILES string of the molecule is CP(C)(=O)COc1cccnc1. The van der Waals surface area contributed by atoms with Gasteiger partial charge in [0.15, 0.2) is 0 Å². The van der Waals surface area contributed by atoms with E-state index in [0.717, 1.165) is 0 Å². The van der Waals surface area contributed by atoms with Crippen molar-refractivity contribution in [3.05, 3.63) is 24.5 Å². The Balaban J connectivity index is 2.50. The zero-order valence-electron chi connectivity index (χ0n) is 7.23. The van der Waals surface area contributed by atoms with E-state index in [1.165, 1.54) is 0 Å². The lowest BCUT2D eigenvalue weighted by atomic mass is 10.5. The first-order chi connectivity index (χ1) is 5.58. The second kappa shape index (κ2) is 3.72. The highest BCUT2D eigenvalue weighted by Gasteiger charge is 2.07. The minimum atomic E-state index is -2.08. The van der Waals surface area contributed by atoms with E-state index >= 15 is 0 Å². The van der Waals surface area contributed by atoms with Crippen molar-refractivity contribution in [2.45, 2.75) is 0 Å². The van der Waals surface area contributed by atoms with Crippen molar-refractivity contribution in [1.29, 1.82) is 0 Å². The maximum Gasteiger partial charge on any atom is 0.140 e. The minimum absolute atomic E-state index is 0.276. The van der Waals surface area contributed by atoms with Gasteiger partial charge >= 0.3 is 0 Å². The fourth-order valence-corrected chi connectivity index (χ4v) is 1.12. The largest absolute Gasteiger partial charge is 0.484 e. The van der Waals surface area contributed by atoms with Gasteiger partial charge in [-0.2, -0.15) is 0 Å². The van der Waals surface area contributed by atoms with E-state index in [1.54, 1.807) is 37.9 Å². The molecule has 0 N–H and O–H groups in total. The highest BCUT2D eigenvalue weighted by Crippen LogP contribution is 2.35. The zero-order valence-corrected chi connectivity index (χ0v) is 8.12. The molecule has 1 aromatic rings. The quantitative estimate of drug-likeness (QED) is 0.676. The first kappa shape index (κ1) is 9.27. The first-order valence-electron chi connectivity index (χ1n) is 3.65. The molecule has 1 rings (SSSR count).